The van der Waals surface area contributed by atoms with E-state index in [9.17, 15) is 0 Å². The van der Waals surface area contributed by atoms with E-state index in [4.69, 9.17) is 5.11 Å². The lowest BCUT2D eigenvalue weighted by molar-refractivity contribution is 0.304. The zero-order chi connectivity index (χ0) is 10.8. The lowest BCUT2D eigenvalue weighted by atomic mass is 9.96. The Hall–Kier alpha value is -0.680. The maximum absolute atomic E-state index is 8.78. The van der Waals surface area contributed by atoms with E-state index in [2.05, 4.69) is 30.1 Å². The molecule has 1 heterocycles. The molecule has 0 aliphatic carbocycles. The molecule has 14 heavy (non-hydrogen) atoms. The average molecular weight is 215 g/mol. The van der Waals surface area contributed by atoms with Crippen LogP contribution in [0.3, 0.4) is 0 Å². The van der Waals surface area contributed by atoms with Crippen molar-refractivity contribution in [1.29, 1.82) is 0 Å². The highest BCUT2D eigenvalue weighted by Gasteiger charge is 2.20. The molecule has 0 radical (unpaired) electrons. The summed E-state index contributed by atoms with van der Waals surface area (Å²) < 4.78 is 4.30. The minimum Gasteiger partial charge on any atom is -0.395 e. The summed E-state index contributed by atoms with van der Waals surface area (Å²) in [6.07, 6.45) is 0. The SMILES string of the molecule is CN(CCO)c1nc(C(C)(C)C)ns1. The van der Waals surface area contributed by atoms with Gasteiger partial charge in [-0.15, -0.1) is 0 Å². The predicted octanol–water partition coefficient (Wildman–Crippen LogP) is 1.26. The maximum atomic E-state index is 8.78. The molecule has 0 saturated heterocycles. The molecule has 0 aliphatic heterocycles. The first-order valence-corrected chi connectivity index (χ1v) is 5.38. The number of aliphatic hydroxyl groups is 1. The van der Waals surface area contributed by atoms with E-state index < -0.39 is 0 Å². The summed E-state index contributed by atoms with van der Waals surface area (Å²) in [5.41, 5.74) is -0.00515. The summed E-state index contributed by atoms with van der Waals surface area (Å²) in [6, 6.07) is 0. The van der Waals surface area contributed by atoms with Gasteiger partial charge in [-0.1, -0.05) is 20.8 Å². The normalized spacial score (nSPS) is 11.8. The van der Waals surface area contributed by atoms with Gasteiger partial charge >= 0.3 is 0 Å². The van der Waals surface area contributed by atoms with Gasteiger partial charge in [0.1, 0.15) is 5.82 Å². The largest absolute Gasteiger partial charge is 0.395 e. The van der Waals surface area contributed by atoms with Gasteiger partial charge in [0.25, 0.3) is 0 Å². The predicted molar refractivity (Wildman–Crippen MR) is 59.0 cm³/mol. The van der Waals surface area contributed by atoms with Crippen LogP contribution >= 0.6 is 11.5 Å². The Labute approximate surface area is 88.8 Å². The van der Waals surface area contributed by atoms with Crippen molar-refractivity contribution in [3.05, 3.63) is 5.82 Å². The van der Waals surface area contributed by atoms with Crippen molar-refractivity contribution < 1.29 is 5.11 Å². The average Bonchev–Trinajstić information content (AvgIpc) is 2.51. The number of aromatic nitrogens is 2. The molecule has 5 heteroatoms. The van der Waals surface area contributed by atoms with E-state index in [1.54, 1.807) is 0 Å². The number of likely N-dealkylation sites (N-methyl/N-ethyl adjacent to an activating group) is 1. The Balaban J connectivity index is 2.78. The van der Waals surface area contributed by atoms with Gasteiger partial charge < -0.3 is 10.0 Å². The molecule has 1 aromatic heterocycles. The second-order valence-electron chi connectivity index (χ2n) is 4.30. The van der Waals surface area contributed by atoms with Crippen LogP contribution in [0.1, 0.15) is 26.6 Å². The first kappa shape index (κ1) is 11.4. The quantitative estimate of drug-likeness (QED) is 0.825. The van der Waals surface area contributed by atoms with Crippen LogP contribution < -0.4 is 4.90 Å². The molecule has 1 rings (SSSR count). The summed E-state index contributed by atoms with van der Waals surface area (Å²) in [5.74, 6) is 0.863. The molecular weight excluding hydrogens is 198 g/mol. The number of aliphatic hydroxyl groups excluding tert-OH is 1. The molecule has 0 spiro atoms. The zero-order valence-electron chi connectivity index (χ0n) is 9.11. The van der Waals surface area contributed by atoms with Crippen molar-refractivity contribution in [1.82, 2.24) is 9.36 Å². The summed E-state index contributed by atoms with van der Waals surface area (Å²) in [7, 11) is 1.91. The van der Waals surface area contributed by atoms with E-state index in [0.29, 0.717) is 6.54 Å². The fraction of sp³-hybridized carbons (Fsp3) is 0.778. The smallest absolute Gasteiger partial charge is 0.205 e. The molecule has 1 N–H and O–H groups in total. The topological polar surface area (TPSA) is 49.2 Å². The molecule has 0 saturated carbocycles. The van der Waals surface area contributed by atoms with Crippen molar-refractivity contribution >= 4 is 16.7 Å². The molecule has 0 amide bonds. The monoisotopic (exact) mass is 215 g/mol. The molecule has 0 atom stereocenters. The van der Waals surface area contributed by atoms with Crippen molar-refractivity contribution in [3.8, 4) is 0 Å². The molecule has 0 unspecified atom stereocenters. The summed E-state index contributed by atoms with van der Waals surface area (Å²) in [5, 5.41) is 9.64. The molecule has 1 aromatic rings. The minimum absolute atomic E-state index is 0.00515. The van der Waals surface area contributed by atoms with E-state index in [0.717, 1.165) is 11.0 Å². The van der Waals surface area contributed by atoms with Crippen LogP contribution in [0.2, 0.25) is 0 Å². The number of anilines is 1. The van der Waals surface area contributed by atoms with Crippen LogP contribution in [-0.4, -0.2) is 34.7 Å². The lowest BCUT2D eigenvalue weighted by Gasteiger charge is -2.14. The van der Waals surface area contributed by atoms with Gasteiger partial charge in [-0.25, -0.2) is 4.98 Å². The van der Waals surface area contributed by atoms with Crippen LogP contribution in [-0.2, 0) is 5.41 Å². The Morgan fingerprint density at radius 1 is 1.43 bits per heavy atom. The lowest BCUT2D eigenvalue weighted by Crippen LogP contribution is -2.21. The van der Waals surface area contributed by atoms with Gasteiger partial charge in [0.05, 0.1) is 6.61 Å². The zero-order valence-corrected chi connectivity index (χ0v) is 9.93. The van der Waals surface area contributed by atoms with Crippen molar-refractivity contribution in [2.45, 2.75) is 26.2 Å². The summed E-state index contributed by atoms with van der Waals surface area (Å²) in [6.45, 7) is 7.00. The Morgan fingerprint density at radius 2 is 2.07 bits per heavy atom. The van der Waals surface area contributed by atoms with Gasteiger partial charge in [-0.2, -0.15) is 4.37 Å². The molecule has 0 aromatic carbocycles. The van der Waals surface area contributed by atoms with E-state index in [1.807, 2.05) is 11.9 Å². The standard InChI is InChI=1S/C9H17N3OS/c1-9(2,3)7-10-8(14-11-7)12(4)5-6-13/h13H,5-6H2,1-4H3. The van der Waals surface area contributed by atoms with Crippen LogP contribution in [0.15, 0.2) is 0 Å². The van der Waals surface area contributed by atoms with Crippen LogP contribution in [0, 0.1) is 0 Å². The highest BCUT2D eigenvalue weighted by atomic mass is 32.1. The second-order valence-corrected chi connectivity index (χ2v) is 5.03. The molecule has 0 fully saturated rings. The van der Waals surface area contributed by atoms with E-state index in [1.165, 1.54) is 11.5 Å². The van der Waals surface area contributed by atoms with Crippen LogP contribution in [0.25, 0.3) is 0 Å². The van der Waals surface area contributed by atoms with E-state index >= 15 is 0 Å². The van der Waals surface area contributed by atoms with Gasteiger partial charge in [0.15, 0.2) is 0 Å². The van der Waals surface area contributed by atoms with E-state index in [-0.39, 0.29) is 12.0 Å². The Morgan fingerprint density at radius 3 is 2.50 bits per heavy atom. The fourth-order valence-electron chi connectivity index (χ4n) is 0.921. The summed E-state index contributed by atoms with van der Waals surface area (Å²) in [4.78, 5) is 6.33. The highest BCUT2D eigenvalue weighted by molar-refractivity contribution is 7.09. The first-order chi connectivity index (χ1) is 6.45. The van der Waals surface area contributed by atoms with Crippen molar-refractivity contribution in [3.63, 3.8) is 0 Å². The fourth-order valence-corrected chi connectivity index (χ4v) is 1.76. The third kappa shape index (κ3) is 2.65. The first-order valence-electron chi connectivity index (χ1n) is 4.61. The Bertz CT molecular complexity index is 292. The maximum Gasteiger partial charge on any atom is 0.205 e. The molecule has 0 aliphatic rings. The number of nitrogens with zero attached hydrogens (tertiary/aromatic N) is 3. The molecule has 4 nitrogen and oxygen atoms in total. The third-order valence-corrected chi connectivity index (χ3v) is 2.68. The third-order valence-electron chi connectivity index (χ3n) is 1.85. The highest BCUT2D eigenvalue weighted by Crippen LogP contribution is 2.24. The van der Waals surface area contributed by atoms with Gasteiger partial charge in [0, 0.05) is 30.5 Å². The minimum atomic E-state index is -0.00515. The number of hydrogen-bond donors (Lipinski definition) is 1. The Kier molecular flexibility index (Phi) is 3.44. The number of rotatable bonds is 3. The second kappa shape index (κ2) is 4.23. The van der Waals surface area contributed by atoms with Crippen molar-refractivity contribution in [2.24, 2.45) is 0 Å². The van der Waals surface area contributed by atoms with Crippen LogP contribution in [0.4, 0.5) is 5.13 Å². The molecule has 0 bridgehead atoms. The molecule has 80 valence electrons. The van der Waals surface area contributed by atoms with Gasteiger partial charge in [-0.3, -0.25) is 0 Å². The van der Waals surface area contributed by atoms with Crippen LogP contribution in [0.5, 0.6) is 0 Å². The van der Waals surface area contributed by atoms with Gasteiger partial charge in [-0.05, 0) is 0 Å². The summed E-state index contributed by atoms with van der Waals surface area (Å²) >= 11 is 1.38. The van der Waals surface area contributed by atoms with Gasteiger partial charge in [0.2, 0.25) is 5.13 Å². The van der Waals surface area contributed by atoms with Crippen molar-refractivity contribution in [2.75, 3.05) is 25.1 Å². The number of hydrogen-bond acceptors (Lipinski definition) is 5. The molecular formula is C9H17N3OS.